The molecule has 9 heteroatoms. The minimum absolute atomic E-state index is 0.129. The van der Waals surface area contributed by atoms with E-state index in [-0.39, 0.29) is 30.8 Å². The normalized spacial score (nSPS) is 20.5. The maximum absolute atomic E-state index is 13.2. The van der Waals surface area contributed by atoms with Gasteiger partial charge in [0.25, 0.3) is 5.91 Å². The van der Waals surface area contributed by atoms with Crippen molar-refractivity contribution in [1.82, 2.24) is 10.2 Å². The molecule has 0 aromatic heterocycles. The van der Waals surface area contributed by atoms with Gasteiger partial charge in [-0.2, -0.15) is 0 Å². The number of benzene rings is 2. The van der Waals surface area contributed by atoms with Gasteiger partial charge in [0.15, 0.2) is 0 Å². The number of hydrogen-bond donors (Lipinski definition) is 1. The largest absolute Gasteiger partial charge is 0.380 e. The molecule has 1 unspecified atom stereocenters. The average Bonchev–Trinajstić information content (AvgIpc) is 3.34. The number of imide groups is 1. The molecule has 2 fully saturated rings. The van der Waals surface area contributed by atoms with E-state index in [2.05, 4.69) is 5.32 Å². The van der Waals surface area contributed by atoms with E-state index in [1.54, 1.807) is 29.0 Å². The van der Waals surface area contributed by atoms with Crippen molar-refractivity contribution in [2.45, 2.75) is 32.0 Å². The monoisotopic (exact) mass is 448 g/mol. The van der Waals surface area contributed by atoms with Crippen LogP contribution >= 0.6 is 0 Å². The summed E-state index contributed by atoms with van der Waals surface area (Å²) in [6.45, 7) is 1.83. The molecule has 1 N–H and O–H groups in total. The van der Waals surface area contributed by atoms with Gasteiger partial charge in [-0.15, -0.1) is 0 Å². The summed E-state index contributed by atoms with van der Waals surface area (Å²) in [5.74, 6) is -0.975. The molecular formula is C24H24N4O5. The van der Waals surface area contributed by atoms with Crippen molar-refractivity contribution in [3.63, 3.8) is 0 Å². The number of amides is 5. The first-order valence-corrected chi connectivity index (χ1v) is 10.9. The van der Waals surface area contributed by atoms with Crippen LogP contribution in [-0.2, 0) is 27.5 Å². The number of nitrogens with zero attached hydrogens (tertiary/aromatic N) is 3. The van der Waals surface area contributed by atoms with Crippen molar-refractivity contribution < 1.29 is 23.9 Å². The van der Waals surface area contributed by atoms with Gasteiger partial charge < -0.3 is 9.64 Å². The lowest BCUT2D eigenvalue weighted by Crippen LogP contribution is -2.52. The molecule has 0 radical (unpaired) electrons. The van der Waals surface area contributed by atoms with Crippen molar-refractivity contribution in [3.8, 4) is 0 Å². The van der Waals surface area contributed by atoms with Gasteiger partial charge in [-0.25, -0.2) is 4.79 Å². The Morgan fingerprint density at radius 2 is 1.76 bits per heavy atom. The summed E-state index contributed by atoms with van der Waals surface area (Å²) >= 11 is 0. The highest BCUT2D eigenvalue weighted by molar-refractivity contribution is 6.08. The SMILES string of the molecule is COCc1cccc(N2CCN(c3ccc4c(c3)CN(C3CCC(=O)NC3=O)C4=O)C2=O)c1. The minimum atomic E-state index is -0.658. The number of hydrogen-bond acceptors (Lipinski definition) is 5. The molecule has 3 heterocycles. The maximum atomic E-state index is 13.2. The van der Waals surface area contributed by atoms with Gasteiger partial charge in [-0.05, 0) is 47.9 Å². The highest BCUT2D eigenvalue weighted by atomic mass is 16.5. The lowest BCUT2D eigenvalue weighted by Gasteiger charge is -2.29. The van der Waals surface area contributed by atoms with E-state index < -0.39 is 11.9 Å². The molecule has 0 spiro atoms. The van der Waals surface area contributed by atoms with Crippen molar-refractivity contribution in [1.29, 1.82) is 0 Å². The Morgan fingerprint density at radius 1 is 1.00 bits per heavy atom. The lowest BCUT2D eigenvalue weighted by atomic mass is 10.0. The van der Waals surface area contributed by atoms with E-state index in [0.29, 0.717) is 37.4 Å². The quantitative estimate of drug-likeness (QED) is 0.706. The summed E-state index contributed by atoms with van der Waals surface area (Å²) in [5, 5.41) is 2.31. The molecular weight excluding hydrogens is 424 g/mol. The molecule has 170 valence electrons. The molecule has 3 aliphatic heterocycles. The standard InChI is InChI=1S/C24H24N4O5/c1-33-14-15-3-2-4-17(11-15)26-9-10-27(24(26)32)18-5-6-19-16(12-18)13-28(23(19)31)20-7-8-21(29)25-22(20)30/h2-6,11-12,20H,7-10,13-14H2,1H3,(H,25,29,30). The van der Waals surface area contributed by atoms with Crippen molar-refractivity contribution in [2.24, 2.45) is 0 Å². The highest BCUT2D eigenvalue weighted by Crippen LogP contribution is 2.32. The van der Waals surface area contributed by atoms with Crippen LogP contribution in [0.5, 0.6) is 0 Å². The fraction of sp³-hybridized carbons (Fsp3) is 0.333. The van der Waals surface area contributed by atoms with Crippen LogP contribution < -0.4 is 15.1 Å². The Bertz CT molecular complexity index is 1160. The Hall–Kier alpha value is -3.72. The maximum Gasteiger partial charge on any atom is 0.329 e. The molecule has 1 atom stereocenters. The van der Waals surface area contributed by atoms with Gasteiger partial charge in [0.2, 0.25) is 11.8 Å². The Balaban J connectivity index is 1.34. The van der Waals surface area contributed by atoms with Crippen LogP contribution in [0.3, 0.4) is 0 Å². The van der Waals surface area contributed by atoms with Crippen molar-refractivity contribution in [3.05, 3.63) is 59.2 Å². The number of carbonyl (C=O) groups excluding carboxylic acids is 4. The first-order chi connectivity index (χ1) is 16.0. The Kier molecular flexibility index (Phi) is 5.33. The lowest BCUT2D eigenvalue weighted by molar-refractivity contribution is -0.136. The van der Waals surface area contributed by atoms with Crippen LogP contribution in [-0.4, -0.2) is 54.9 Å². The predicted molar refractivity (Wildman–Crippen MR) is 120 cm³/mol. The summed E-state index contributed by atoms with van der Waals surface area (Å²) < 4.78 is 5.19. The highest BCUT2D eigenvalue weighted by Gasteiger charge is 2.40. The van der Waals surface area contributed by atoms with E-state index in [1.807, 2.05) is 30.3 Å². The minimum Gasteiger partial charge on any atom is -0.380 e. The molecule has 0 aliphatic carbocycles. The first kappa shape index (κ1) is 21.1. The van der Waals surface area contributed by atoms with E-state index >= 15 is 0 Å². The zero-order chi connectivity index (χ0) is 23.1. The average molecular weight is 448 g/mol. The second kappa shape index (κ2) is 8.32. The second-order valence-electron chi connectivity index (χ2n) is 8.43. The molecule has 2 aromatic rings. The van der Waals surface area contributed by atoms with Crippen LogP contribution in [0.15, 0.2) is 42.5 Å². The van der Waals surface area contributed by atoms with Crippen LogP contribution in [0.2, 0.25) is 0 Å². The number of urea groups is 1. The Labute approximate surface area is 190 Å². The van der Waals surface area contributed by atoms with Crippen molar-refractivity contribution in [2.75, 3.05) is 30.0 Å². The summed E-state index contributed by atoms with van der Waals surface area (Å²) in [5.41, 5.74) is 3.82. The molecule has 0 bridgehead atoms. The molecule has 0 saturated carbocycles. The van der Waals surface area contributed by atoms with Gasteiger partial charge in [-0.1, -0.05) is 12.1 Å². The number of fused-ring (bicyclic) bond motifs is 1. The summed E-state index contributed by atoms with van der Waals surface area (Å²) in [7, 11) is 1.63. The number of carbonyl (C=O) groups is 4. The van der Waals surface area contributed by atoms with Crippen molar-refractivity contribution >= 4 is 35.1 Å². The van der Waals surface area contributed by atoms with Gasteiger partial charge in [0.1, 0.15) is 6.04 Å². The van der Waals surface area contributed by atoms with E-state index in [4.69, 9.17) is 4.74 Å². The van der Waals surface area contributed by atoms with Crippen LogP contribution in [0.25, 0.3) is 0 Å². The number of rotatable bonds is 5. The first-order valence-electron chi connectivity index (χ1n) is 10.9. The van der Waals surface area contributed by atoms with E-state index in [1.165, 1.54) is 4.90 Å². The van der Waals surface area contributed by atoms with Crippen LogP contribution in [0.1, 0.15) is 34.3 Å². The third-order valence-corrected chi connectivity index (χ3v) is 6.36. The van der Waals surface area contributed by atoms with Gasteiger partial charge in [0.05, 0.1) is 6.61 Å². The summed E-state index contributed by atoms with van der Waals surface area (Å²) in [6.07, 6.45) is 0.532. The molecule has 2 aromatic carbocycles. The van der Waals surface area contributed by atoms with E-state index in [9.17, 15) is 19.2 Å². The topological polar surface area (TPSA) is 99.3 Å². The summed E-state index contributed by atoms with van der Waals surface area (Å²) in [6, 6.07) is 12.3. The van der Waals surface area contributed by atoms with Crippen LogP contribution in [0.4, 0.5) is 16.2 Å². The molecule has 2 saturated heterocycles. The number of methoxy groups -OCH3 is 1. The Morgan fingerprint density at radius 3 is 2.48 bits per heavy atom. The fourth-order valence-electron chi connectivity index (χ4n) is 4.73. The van der Waals surface area contributed by atoms with Crippen LogP contribution in [0, 0.1) is 0 Å². The fourth-order valence-corrected chi connectivity index (χ4v) is 4.73. The zero-order valence-electron chi connectivity index (χ0n) is 18.2. The number of ether oxygens (including phenoxy) is 1. The summed E-state index contributed by atoms with van der Waals surface area (Å²) in [4.78, 5) is 54.7. The molecule has 5 rings (SSSR count). The zero-order valence-corrected chi connectivity index (χ0v) is 18.2. The van der Waals surface area contributed by atoms with E-state index in [0.717, 1.165) is 16.8 Å². The second-order valence-corrected chi connectivity index (χ2v) is 8.43. The molecule has 33 heavy (non-hydrogen) atoms. The number of piperidine rings is 1. The third kappa shape index (κ3) is 3.74. The number of anilines is 2. The third-order valence-electron chi connectivity index (χ3n) is 6.36. The number of nitrogens with one attached hydrogen (secondary N) is 1. The van der Waals surface area contributed by atoms with Gasteiger partial charge in [-0.3, -0.25) is 29.5 Å². The molecule has 5 amide bonds. The van der Waals surface area contributed by atoms with Gasteiger partial charge in [0, 0.05) is 50.1 Å². The smallest absolute Gasteiger partial charge is 0.329 e. The predicted octanol–water partition coefficient (Wildman–Crippen LogP) is 2.04. The molecule has 9 nitrogen and oxygen atoms in total. The van der Waals surface area contributed by atoms with Gasteiger partial charge >= 0.3 is 6.03 Å². The molecule has 3 aliphatic rings.